The average molecular weight is 371 g/mol. The van der Waals surface area contributed by atoms with Gasteiger partial charge in [-0.1, -0.05) is 12.1 Å². The first-order valence-corrected chi connectivity index (χ1v) is 9.95. The Balaban J connectivity index is 1.35. The Labute approximate surface area is 154 Å². The number of pyridine rings is 1. The van der Waals surface area contributed by atoms with Crippen molar-refractivity contribution in [2.75, 3.05) is 26.2 Å². The molecule has 0 saturated carbocycles. The Hall–Kier alpha value is -2.09. The minimum absolute atomic E-state index is 0.0417. The van der Waals surface area contributed by atoms with Crippen molar-refractivity contribution < 1.29 is 4.79 Å². The normalized spacial score (nSPS) is 15.4. The molecule has 4 rings (SSSR count). The summed E-state index contributed by atoms with van der Waals surface area (Å²) in [5.74, 6) is 0.0417. The number of hydrogen-bond acceptors (Lipinski definition) is 6. The highest BCUT2D eigenvalue weighted by Gasteiger charge is 2.24. The van der Waals surface area contributed by atoms with Gasteiger partial charge in [0.25, 0.3) is 5.91 Å². The van der Waals surface area contributed by atoms with Gasteiger partial charge in [0, 0.05) is 50.5 Å². The molecular formula is C18H18N4OS2. The lowest BCUT2D eigenvalue weighted by molar-refractivity contribution is 0.0623. The van der Waals surface area contributed by atoms with Gasteiger partial charge in [0.15, 0.2) is 0 Å². The summed E-state index contributed by atoms with van der Waals surface area (Å²) in [6.07, 6.45) is 3.69. The number of nitrogens with zero attached hydrogens (tertiary/aromatic N) is 4. The van der Waals surface area contributed by atoms with Crippen LogP contribution in [0.4, 0.5) is 0 Å². The minimum atomic E-state index is 0.0417. The van der Waals surface area contributed by atoms with Gasteiger partial charge >= 0.3 is 0 Å². The maximum Gasteiger partial charge on any atom is 0.273 e. The predicted octanol–water partition coefficient (Wildman–Crippen LogP) is 3.22. The van der Waals surface area contributed by atoms with Crippen LogP contribution in [0, 0.1) is 0 Å². The second-order valence-electron chi connectivity index (χ2n) is 5.94. The molecule has 0 spiro atoms. The van der Waals surface area contributed by atoms with Crippen LogP contribution in [0.5, 0.6) is 0 Å². The van der Waals surface area contributed by atoms with E-state index in [0.717, 1.165) is 42.6 Å². The lowest BCUT2D eigenvalue weighted by Crippen LogP contribution is -2.48. The fraction of sp³-hybridized carbons (Fsp3) is 0.278. The van der Waals surface area contributed by atoms with E-state index < -0.39 is 0 Å². The highest BCUT2D eigenvalue weighted by atomic mass is 32.1. The summed E-state index contributed by atoms with van der Waals surface area (Å²) in [4.78, 5) is 26.8. The van der Waals surface area contributed by atoms with Crippen molar-refractivity contribution in [1.82, 2.24) is 19.8 Å². The first kappa shape index (κ1) is 16.4. The van der Waals surface area contributed by atoms with Crippen LogP contribution in [0.15, 0.2) is 47.4 Å². The third-order valence-corrected chi connectivity index (χ3v) is 6.13. The van der Waals surface area contributed by atoms with E-state index in [1.807, 2.05) is 40.1 Å². The molecule has 0 aliphatic carbocycles. The monoisotopic (exact) mass is 370 g/mol. The first-order chi connectivity index (χ1) is 12.3. The third-order valence-electron chi connectivity index (χ3n) is 4.24. The van der Waals surface area contributed by atoms with Crippen LogP contribution >= 0.6 is 22.7 Å². The van der Waals surface area contributed by atoms with Crippen molar-refractivity contribution in [3.8, 4) is 9.88 Å². The van der Waals surface area contributed by atoms with Gasteiger partial charge in [0.1, 0.15) is 10.7 Å². The Morgan fingerprint density at radius 2 is 2.00 bits per heavy atom. The third kappa shape index (κ3) is 3.78. The molecule has 7 heteroatoms. The van der Waals surface area contributed by atoms with E-state index in [-0.39, 0.29) is 5.91 Å². The van der Waals surface area contributed by atoms with Crippen LogP contribution in [0.25, 0.3) is 9.88 Å². The van der Waals surface area contributed by atoms with E-state index in [9.17, 15) is 4.79 Å². The molecule has 0 radical (unpaired) electrons. The second kappa shape index (κ2) is 7.43. The zero-order valence-corrected chi connectivity index (χ0v) is 15.3. The van der Waals surface area contributed by atoms with E-state index in [0.29, 0.717) is 5.69 Å². The number of aromatic nitrogens is 2. The van der Waals surface area contributed by atoms with E-state index in [4.69, 9.17) is 0 Å². The molecule has 128 valence electrons. The highest BCUT2D eigenvalue weighted by molar-refractivity contribution is 7.20. The Kier molecular flexibility index (Phi) is 4.87. The number of carbonyl (C=O) groups excluding carboxylic acids is 1. The fourth-order valence-electron chi connectivity index (χ4n) is 2.91. The quantitative estimate of drug-likeness (QED) is 0.707. The molecular weight excluding hydrogens is 352 g/mol. The molecule has 1 amide bonds. The van der Waals surface area contributed by atoms with Gasteiger partial charge in [0.2, 0.25) is 0 Å². The van der Waals surface area contributed by atoms with Crippen molar-refractivity contribution in [2.45, 2.75) is 6.54 Å². The molecule has 0 N–H and O–H groups in total. The number of piperazine rings is 1. The number of amides is 1. The molecule has 0 bridgehead atoms. The summed E-state index contributed by atoms with van der Waals surface area (Å²) in [5, 5.41) is 4.83. The van der Waals surface area contributed by atoms with E-state index in [1.165, 1.54) is 16.9 Å². The smallest absolute Gasteiger partial charge is 0.273 e. The van der Waals surface area contributed by atoms with Gasteiger partial charge in [0.05, 0.1) is 4.88 Å². The Bertz CT molecular complexity index is 824. The van der Waals surface area contributed by atoms with Crippen molar-refractivity contribution in [1.29, 1.82) is 0 Å². The number of hydrogen-bond donors (Lipinski definition) is 0. The van der Waals surface area contributed by atoms with Gasteiger partial charge in [-0.2, -0.15) is 0 Å². The number of thiazole rings is 1. The van der Waals surface area contributed by atoms with Crippen LogP contribution in [0.1, 0.15) is 16.1 Å². The van der Waals surface area contributed by atoms with E-state index in [1.54, 1.807) is 17.5 Å². The Morgan fingerprint density at radius 1 is 1.12 bits per heavy atom. The van der Waals surface area contributed by atoms with E-state index >= 15 is 0 Å². The molecule has 3 aromatic heterocycles. The predicted molar refractivity (Wildman–Crippen MR) is 101 cm³/mol. The summed E-state index contributed by atoms with van der Waals surface area (Å²) < 4.78 is 0. The maximum atomic E-state index is 12.7. The number of thiophene rings is 1. The fourth-order valence-corrected chi connectivity index (χ4v) is 4.51. The molecule has 1 aliphatic rings. The summed E-state index contributed by atoms with van der Waals surface area (Å²) in [5.41, 5.74) is 1.77. The SMILES string of the molecule is O=C(c1csc(-c2cccs2)n1)N1CCN(Cc2cccnc2)CC1. The molecule has 1 fully saturated rings. The molecule has 5 nitrogen and oxygen atoms in total. The molecule has 3 aromatic rings. The van der Waals surface area contributed by atoms with E-state index in [2.05, 4.69) is 20.9 Å². The summed E-state index contributed by atoms with van der Waals surface area (Å²) in [6.45, 7) is 4.12. The second-order valence-corrected chi connectivity index (χ2v) is 7.75. The number of rotatable bonds is 4. The van der Waals surface area contributed by atoms with Gasteiger partial charge in [-0.05, 0) is 23.1 Å². The van der Waals surface area contributed by atoms with Crippen LogP contribution < -0.4 is 0 Å². The van der Waals surface area contributed by atoms with Crippen LogP contribution in [-0.4, -0.2) is 51.9 Å². The van der Waals surface area contributed by atoms with Crippen molar-refractivity contribution >= 4 is 28.6 Å². The van der Waals surface area contributed by atoms with Crippen LogP contribution in [-0.2, 0) is 6.54 Å². The molecule has 25 heavy (non-hydrogen) atoms. The average Bonchev–Trinajstić information content (AvgIpc) is 3.34. The van der Waals surface area contributed by atoms with Crippen molar-refractivity contribution in [3.05, 3.63) is 58.7 Å². The molecule has 0 aromatic carbocycles. The first-order valence-electron chi connectivity index (χ1n) is 8.19. The summed E-state index contributed by atoms with van der Waals surface area (Å²) >= 11 is 3.19. The topological polar surface area (TPSA) is 49.3 Å². The standard InChI is InChI=1S/C18H18N4OS2/c23-18(15-13-25-17(20-15)16-4-2-10-24-16)22-8-6-21(7-9-22)12-14-3-1-5-19-11-14/h1-5,10-11,13H,6-9,12H2. The molecule has 4 heterocycles. The lowest BCUT2D eigenvalue weighted by atomic mass is 10.2. The summed E-state index contributed by atoms with van der Waals surface area (Å²) in [6, 6.07) is 8.09. The highest BCUT2D eigenvalue weighted by Crippen LogP contribution is 2.28. The summed E-state index contributed by atoms with van der Waals surface area (Å²) in [7, 11) is 0. The minimum Gasteiger partial charge on any atom is -0.335 e. The van der Waals surface area contributed by atoms with Crippen LogP contribution in [0.3, 0.4) is 0 Å². The molecule has 1 aliphatic heterocycles. The largest absolute Gasteiger partial charge is 0.335 e. The lowest BCUT2D eigenvalue weighted by Gasteiger charge is -2.34. The van der Waals surface area contributed by atoms with Gasteiger partial charge in [-0.25, -0.2) is 4.98 Å². The molecule has 0 unspecified atom stereocenters. The maximum absolute atomic E-state index is 12.7. The Morgan fingerprint density at radius 3 is 2.72 bits per heavy atom. The molecule has 1 saturated heterocycles. The number of carbonyl (C=O) groups is 1. The zero-order valence-electron chi connectivity index (χ0n) is 13.7. The van der Waals surface area contributed by atoms with Gasteiger partial charge in [-0.3, -0.25) is 14.7 Å². The van der Waals surface area contributed by atoms with Crippen molar-refractivity contribution in [3.63, 3.8) is 0 Å². The van der Waals surface area contributed by atoms with Crippen LogP contribution in [0.2, 0.25) is 0 Å². The zero-order chi connectivity index (χ0) is 17.1. The molecule has 0 atom stereocenters. The van der Waals surface area contributed by atoms with Gasteiger partial charge < -0.3 is 4.90 Å². The van der Waals surface area contributed by atoms with Gasteiger partial charge in [-0.15, -0.1) is 22.7 Å². The van der Waals surface area contributed by atoms with Crippen molar-refractivity contribution in [2.24, 2.45) is 0 Å².